The van der Waals surface area contributed by atoms with Crippen molar-refractivity contribution in [3.05, 3.63) is 0 Å². The Morgan fingerprint density at radius 3 is 2.71 bits per heavy atom. The van der Waals surface area contributed by atoms with Gasteiger partial charge in [0.15, 0.2) is 0 Å². The summed E-state index contributed by atoms with van der Waals surface area (Å²) >= 11 is 0. The molecule has 1 saturated heterocycles. The average Bonchev–Trinajstić information content (AvgIpc) is 2.69. The van der Waals surface area contributed by atoms with Crippen LogP contribution in [0.3, 0.4) is 0 Å². The number of carbonyl (C=O) groups is 1. The summed E-state index contributed by atoms with van der Waals surface area (Å²) in [6.45, 7) is 10.1. The molecule has 0 aliphatic carbocycles. The van der Waals surface area contributed by atoms with Gasteiger partial charge in [-0.1, -0.05) is 13.8 Å². The molecule has 1 atom stereocenters. The maximum absolute atomic E-state index is 11.8. The fourth-order valence-corrected chi connectivity index (χ4v) is 2.30. The summed E-state index contributed by atoms with van der Waals surface area (Å²) in [6, 6.07) is 0. The molecule has 1 unspecified atom stereocenters. The van der Waals surface area contributed by atoms with Gasteiger partial charge in [-0.25, -0.2) is 0 Å². The Morgan fingerprint density at radius 1 is 1.53 bits per heavy atom. The fraction of sp³-hybridized carbons (Fsp3) is 0.923. The van der Waals surface area contributed by atoms with Crippen LogP contribution in [-0.2, 0) is 4.79 Å². The molecule has 4 nitrogen and oxygen atoms in total. The van der Waals surface area contributed by atoms with E-state index in [-0.39, 0.29) is 16.7 Å². The van der Waals surface area contributed by atoms with Gasteiger partial charge in [-0.2, -0.15) is 0 Å². The molecule has 100 valence electrons. The third kappa shape index (κ3) is 3.68. The maximum Gasteiger partial charge on any atom is 0.227 e. The lowest BCUT2D eigenvalue weighted by atomic mass is 9.88. The van der Waals surface area contributed by atoms with E-state index in [1.807, 2.05) is 0 Å². The molecule has 0 aromatic heterocycles. The van der Waals surface area contributed by atoms with E-state index in [2.05, 4.69) is 31.0 Å². The second-order valence-corrected chi connectivity index (χ2v) is 6.28. The first kappa shape index (κ1) is 14.5. The van der Waals surface area contributed by atoms with Crippen LogP contribution in [0.15, 0.2) is 0 Å². The predicted molar refractivity (Wildman–Crippen MR) is 70.7 cm³/mol. The molecule has 0 aromatic rings. The molecular weight excluding hydrogens is 214 g/mol. The summed E-state index contributed by atoms with van der Waals surface area (Å²) < 4.78 is 0. The standard InChI is InChI=1S/C13H27N3O/c1-12(2,9-14)5-7-16-8-6-13(3,10-16)11(17)15-4/h5-10,14H2,1-4H3,(H,15,17). The third-order valence-corrected chi connectivity index (χ3v) is 3.99. The maximum atomic E-state index is 11.8. The van der Waals surface area contributed by atoms with E-state index in [1.165, 1.54) is 0 Å². The Morgan fingerprint density at radius 2 is 2.18 bits per heavy atom. The summed E-state index contributed by atoms with van der Waals surface area (Å²) in [6.07, 6.45) is 2.04. The van der Waals surface area contributed by atoms with E-state index in [1.54, 1.807) is 7.05 Å². The van der Waals surface area contributed by atoms with Crippen LogP contribution in [0.2, 0.25) is 0 Å². The minimum Gasteiger partial charge on any atom is -0.359 e. The largest absolute Gasteiger partial charge is 0.359 e. The number of hydrogen-bond donors (Lipinski definition) is 2. The van der Waals surface area contributed by atoms with Gasteiger partial charge in [-0.3, -0.25) is 4.79 Å². The van der Waals surface area contributed by atoms with Crippen molar-refractivity contribution in [2.45, 2.75) is 33.6 Å². The summed E-state index contributed by atoms with van der Waals surface area (Å²) in [5, 5.41) is 2.77. The predicted octanol–water partition coefficient (Wildman–Crippen LogP) is 0.819. The molecule has 1 rings (SSSR count). The van der Waals surface area contributed by atoms with Crippen LogP contribution in [0.4, 0.5) is 0 Å². The minimum atomic E-state index is -0.207. The van der Waals surface area contributed by atoms with Gasteiger partial charge in [-0.15, -0.1) is 0 Å². The Balaban J connectivity index is 2.43. The second kappa shape index (κ2) is 5.36. The van der Waals surface area contributed by atoms with Crippen LogP contribution in [0.1, 0.15) is 33.6 Å². The number of hydrogen-bond acceptors (Lipinski definition) is 3. The average molecular weight is 241 g/mol. The van der Waals surface area contributed by atoms with E-state index in [0.29, 0.717) is 6.54 Å². The number of nitrogens with two attached hydrogens (primary N) is 1. The van der Waals surface area contributed by atoms with Crippen molar-refractivity contribution in [1.29, 1.82) is 0 Å². The monoisotopic (exact) mass is 241 g/mol. The van der Waals surface area contributed by atoms with Crippen LogP contribution in [0.5, 0.6) is 0 Å². The molecule has 0 aromatic carbocycles. The van der Waals surface area contributed by atoms with Crippen molar-refractivity contribution in [3.8, 4) is 0 Å². The molecule has 1 aliphatic heterocycles. The number of nitrogens with one attached hydrogen (secondary N) is 1. The molecule has 0 bridgehead atoms. The lowest BCUT2D eigenvalue weighted by Gasteiger charge is -2.27. The summed E-state index contributed by atoms with van der Waals surface area (Å²) in [5.74, 6) is 0.165. The molecule has 1 fully saturated rings. The molecule has 1 aliphatic rings. The van der Waals surface area contributed by atoms with Crippen LogP contribution in [0, 0.1) is 10.8 Å². The lowest BCUT2D eigenvalue weighted by molar-refractivity contribution is -0.129. The molecule has 3 N–H and O–H groups in total. The number of rotatable bonds is 5. The SMILES string of the molecule is CNC(=O)C1(C)CCN(CCC(C)(C)CN)C1. The van der Waals surface area contributed by atoms with Gasteiger partial charge >= 0.3 is 0 Å². The molecule has 1 amide bonds. The molecule has 17 heavy (non-hydrogen) atoms. The Bertz CT molecular complexity index is 278. The number of nitrogens with zero attached hydrogens (tertiary/aromatic N) is 1. The Labute approximate surface area is 105 Å². The highest BCUT2D eigenvalue weighted by atomic mass is 16.2. The normalized spacial score (nSPS) is 26.2. The van der Waals surface area contributed by atoms with E-state index in [9.17, 15) is 4.79 Å². The smallest absolute Gasteiger partial charge is 0.227 e. The molecule has 4 heteroatoms. The first-order chi connectivity index (χ1) is 7.83. The topological polar surface area (TPSA) is 58.4 Å². The van der Waals surface area contributed by atoms with Gasteiger partial charge in [0.2, 0.25) is 5.91 Å². The molecular formula is C13H27N3O. The van der Waals surface area contributed by atoms with Crippen LogP contribution < -0.4 is 11.1 Å². The zero-order chi connectivity index (χ0) is 13.1. The Hall–Kier alpha value is -0.610. The van der Waals surface area contributed by atoms with Gasteiger partial charge in [0.1, 0.15) is 0 Å². The van der Waals surface area contributed by atoms with Crippen molar-refractivity contribution >= 4 is 5.91 Å². The van der Waals surface area contributed by atoms with Crippen molar-refractivity contribution in [3.63, 3.8) is 0 Å². The van der Waals surface area contributed by atoms with Crippen molar-refractivity contribution < 1.29 is 4.79 Å². The summed E-state index contributed by atoms with van der Waals surface area (Å²) in [7, 11) is 1.72. The van der Waals surface area contributed by atoms with Crippen molar-refractivity contribution in [1.82, 2.24) is 10.2 Å². The lowest BCUT2D eigenvalue weighted by Crippen LogP contribution is -2.39. The van der Waals surface area contributed by atoms with Crippen LogP contribution in [-0.4, -0.2) is 44.0 Å². The molecule has 0 saturated carbocycles. The third-order valence-electron chi connectivity index (χ3n) is 3.99. The molecule has 1 heterocycles. The minimum absolute atomic E-state index is 0.165. The highest BCUT2D eigenvalue weighted by Crippen LogP contribution is 2.31. The number of carbonyl (C=O) groups excluding carboxylic acids is 1. The van der Waals surface area contributed by atoms with E-state index >= 15 is 0 Å². The zero-order valence-electron chi connectivity index (χ0n) is 11.7. The van der Waals surface area contributed by atoms with E-state index in [4.69, 9.17) is 5.73 Å². The van der Waals surface area contributed by atoms with E-state index < -0.39 is 0 Å². The first-order valence-electron chi connectivity index (χ1n) is 6.48. The van der Waals surface area contributed by atoms with E-state index in [0.717, 1.165) is 32.5 Å². The Kier molecular flexibility index (Phi) is 4.55. The first-order valence-corrected chi connectivity index (χ1v) is 6.48. The molecule has 0 radical (unpaired) electrons. The number of likely N-dealkylation sites (tertiary alicyclic amines) is 1. The zero-order valence-corrected chi connectivity index (χ0v) is 11.7. The van der Waals surface area contributed by atoms with Gasteiger partial charge in [0.05, 0.1) is 5.41 Å². The fourth-order valence-electron chi connectivity index (χ4n) is 2.30. The summed E-state index contributed by atoms with van der Waals surface area (Å²) in [4.78, 5) is 14.2. The van der Waals surface area contributed by atoms with Crippen LogP contribution in [0.25, 0.3) is 0 Å². The quantitative estimate of drug-likeness (QED) is 0.749. The van der Waals surface area contributed by atoms with Gasteiger partial charge < -0.3 is 16.0 Å². The summed E-state index contributed by atoms with van der Waals surface area (Å²) in [5.41, 5.74) is 5.73. The highest BCUT2D eigenvalue weighted by molar-refractivity contribution is 5.82. The van der Waals surface area contributed by atoms with Gasteiger partial charge in [0.25, 0.3) is 0 Å². The molecule has 0 spiro atoms. The van der Waals surface area contributed by atoms with Gasteiger partial charge in [-0.05, 0) is 44.8 Å². The van der Waals surface area contributed by atoms with Crippen molar-refractivity contribution in [2.24, 2.45) is 16.6 Å². The van der Waals surface area contributed by atoms with Crippen molar-refractivity contribution in [2.75, 3.05) is 33.2 Å². The van der Waals surface area contributed by atoms with Crippen LogP contribution >= 0.6 is 0 Å². The number of amides is 1. The second-order valence-electron chi connectivity index (χ2n) is 6.28. The van der Waals surface area contributed by atoms with Gasteiger partial charge in [0, 0.05) is 13.6 Å². The highest BCUT2D eigenvalue weighted by Gasteiger charge is 2.39.